The summed E-state index contributed by atoms with van der Waals surface area (Å²) in [6.07, 6.45) is 2.90. The number of aliphatic hydroxyl groups excluding tert-OH is 1. The first kappa shape index (κ1) is 10.5. The minimum absolute atomic E-state index is 0.424. The molecule has 2 nitrogen and oxygen atoms in total. The highest BCUT2D eigenvalue weighted by molar-refractivity contribution is 4.89. The number of hydrogen-bond donors (Lipinski definition) is 2. The van der Waals surface area contributed by atoms with E-state index >= 15 is 0 Å². The SMILES string of the molecule is C/C=C(/O)CNC[C@@H](C)CC. The summed E-state index contributed by atoms with van der Waals surface area (Å²) in [4.78, 5) is 0. The van der Waals surface area contributed by atoms with Crippen molar-refractivity contribution in [2.75, 3.05) is 13.1 Å². The van der Waals surface area contributed by atoms with Crippen molar-refractivity contribution in [2.24, 2.45) is 5.92 Å². The van der Waals surface area contributed by atoms with Crippen LogP contribution in [0.25, 0.3) is 0 Å². The molecule has 0 saturated heterocycles. The first-order valence-electron chi connectivity index (χ1n) is 4.25. The second kappa shape index (κ2) is 6.23. The molecule has 0 heterocycles. The normalized spacial score (nSPS) is 15.0. The fourth-order valence-corrected chi connectivity index (χ4v) is 0.693. The number of rotatable bonds is 5. The van der Waals surface area contributed by atoms with Crippen molar-refractivity contribution >= 4 is 0 Å². The fourth-order valence-electron chi connectivity index (χ4n) is 0.693. The van der Waals surface area contributed by atoms with Gasteiger partial charge in [-0.25, -0.2) is 0 Å². The van der Waals surface area contributed by atoms with Crippen LogP contribution in [0.4, 0.5) is 0 Å². The molecule has 2 heteroatoms. The third kappa shape index (κ3) is 5.92. The van der Waals surface area contributed by atoms with Crippen molar-refractivity contribution in [2.45, 2.75) is 27.2 Å². The lowest BCUT2D eigenvalue weighted by atomic mass is 10.1. The van der Waals surface area contributed by atoms with Crippen LogP contribution in [-0.2, 0) is 0 Å². The zero-order valence-corrected chi connectivity index (χ0v) is 7.72. The summed E-state index contributed by atoms with van der Waals surface area (Å²) in [5.74, 6) is 1.12. The number of hydrogen-bond acceptors (Lipinski definition) is 2. The Bertz CT molecular complexity index is 121. The van der Waals surface area contributed by atoms with Crippen LogP contribution in [-0.4, -0.2) is 18.2 Å². The Labute approximate surface area is 69.3 Å². The Morgan fingerprint density at radius 2 is 2.27 bits per heavy atom. The highest BCUT2D eigenvalue weighted by Crippen LogP contribution is 1.97. The maximum Gasteiger partial charge on any atom is 0.102 e. The monoisotopic (exact) mass is 157 g/mol. The third-order valence-electron chi connectivity index (χ3n) is 1.83. The topological polar surface area (TPSA) is 32.3 Å². The average molecular weight is 157 g/mol. The minimum atomic E-state index is 0.424. The predicted molar refractivity (Wildman–Crippen MR) is 48.7 cm³/mol. The van der Waals surface area contributed by atoms with E-state index in [0.717, 1.165) is 6.54 Å². The maximum atomic E-state index is 9.04. The van der Waals surface area contributed by atoms with Crippen molar-refractivity contribution in [3.05, 3.63) is 11.8 Å². The van der Waals surface area contributed by atoms with Crippen LogP contribution >= 0.6 is 0 Å². The summed E-state index contributed by atoms with van der Waals surface area (Å²) < 4.78 is 0. The molecule has 2 N–H and O–H groups in total. The smallest absolute Gasteiger partial charge is 0.102 e. The zero-order valence-electron chi connectivity index (χ0n) is 7.72. The van der Waals surface area contributed by atoms with Crippen molar-refractivity contribution in [3.8, 4) is 0 Å². The summed E-state index contributed by atoms with van der Waals surface area (Å²) in [6.45, 7) is 7.77. The summed E-state index contributed by atoms with van der Waals surface area (Å²) in [5.41, 5.74) is 0. The predicted octanol–water partition coefficient (Wildman–Crippen LogP) is 2.08. The highest BCUT2D eigenvalue weighted by atomic mass is 16.3. The summed E-state index contributed by atoms with van der Waals surface area (Å²) in [6, 6.07) is 0. The lowest BCUT2D eigenvalue weighted by Crippen LogP contribution is -2.22. The van der Waals surface area contributed by atoms with Crippen molar-refractivity contribution in [1.82, 2.24) is 5.32 Å². The van der Waals surface area contributed by atoms with Gasteiger partial charge in [-0.1, -0.05) is 20.3 Å². The van der Waals surface area contributed by atoms with Crippen LogP contribution in [0.1, 0.15) is 27.2 Å². The van der Waals surface area contributed by atoms with Gasteiger partial charge in [0.15, 0.2) is 0 Å². The van der Waals surface area contributed by atoms with Gasteiger partial charge in [-0.2, -0.15) is 0 Å². The van der Waals surface area contributed by atoms with Gasteiger partial charge >= 0.3 is 0 Å². The first-order chi connectivity index (χ1) is 5.20. The van der Waals surface area contributed by atoms with E-state index in [2.05, 4.69) is 19.2 Å². The van der Waals surface area contributed by atoms with Crippen LogP contribution in [0, 0.1) is 5.92 Å². The molecule has 0 aromatic rings. The minimum Gasteiger partial charge on any atom is -0.511 e. The molecule has 0 aliphatic heterocycles. The Balaban J connectivity index is 3.27. The molecule has 0 rings (SSSR count). The van der Waals surface area contributed by atoms with E-state index in [-0.39, 0.29) is 0 Å². The van der Waals surface area contributed by atoms with Crippen molar-refractivity contribution in [3.63, 3.8) is 0 Å². The van der Waals surface area contributed by atoms with Gasteiger partial charge in [0.25, 0.3) is 0 Å². The number of aliphatic hydroxyl groups is 1. The Kier molecular flexibility index (Phi) is 5.94. The van der Waals surface area contributed by atoms with Gasteiger partial charge in [-0.15, -0.1) is 0 Å². The standard InChI is InChI=1S/C9H19NO/c1-4-8(3)6-10-7-9(11)5-2/h5,8,10-11H,4,6-7H2,1-3H3/b9-5+/t8-/m0/s1. The molecule has 66 valence electrons. The molecular weight excluding hydrogens is 138 g/mol. The van der Waals surface area contributed by atoms with E-state index in [9.17, 15) is 0 Å². The molecule has 0 amide bonds. The van der Waals surface area contributed by atoms with E-state index in [1.165, 1.54) is 6.42 Å². The Morgan fingerprint density at radius 1 is 1.64 bits per heavy atom. The van der Waals surface area contributed by atoms with Crippen LogP contribution in [0.5, 0.6) is 0 Å². The summed E-state index contributed by atoms with van der Waals surface area (Å²) in [7, 11) is 0. The lowest BCUT2D eigenvalue weighted by molar-refractivity contribution is 0.379. The first-order valence-corrected chi connectivity index (χ1v) is 4.25. The van der Waals surface area contributed by atoms with Gasteiger partial charge in [0.1, 0.15) is 5.76 Å². The molecule has 0 aromatic carbocycles. The molecule has 0 aromatic heterocycles. The van der Waals surface area contributed by atoms with Gasteiger partial charge in [0, 0.05) is 0 Å². The van der Waals surface area contributed by atoms with Gasteiger partial charge in [0.05, 0.1) is 6.54 Å². The molecule has 0 spiro atoms. The molecule has 0 unspecified atom stereocenters. The quantitative estimate of drug-likeness (QED) is 0.599. The largest absolute Gasteiger partial charge is 0.511 e. The van der Waals surface area contributed by atoms with Crippen LogP contribution in [0.15, 0.2) is 11.8 Å². The van der Waals surface area contributed by atoms with E-state index in [4.69, 9.17) is 5.11 Å². The lowest BCUT2D eigenvalue weighted by Gasteiger charge is -2.08. The van der Waals surface area contributed by atoms with E-state index in [1.54, 1.807) is 6.08 Å². The van der Waals surface area contributed by atoms with Crippen LogP contribution in [0.2, 0.25) is 0 Å². The average Bonchev–Trinajstić information content (AvgIpc) is 2.04. The molecule has 11 heavy (non-hydrogen) atoms. The van der Waals surface area contributed by atoms with E-state index in [1.807, 2.05) is 6.92 Å². The Hall–Kier alpha value is -0.500. The van der Waals surface area contributed by atoms with Gasteiger partial charge in [-0.05, 0) is 25.5 Å². The maximum absolute atomic E-state index is 9.04. The second-order valence-electron chi connectivity index (χ2n) is 2.92. The molecule has 0 radical (unpaired) electrons. The zero-order chi connectivity index (χ0) is 8.69. The van der Waals surface area contributed by atoms with Crippen molar-refractivity contribution < 1.29 is 5.11 Å². The summed E-state index contributed by atoms with van der Waals surface area (Å²) in [5, 5.41) is 12.2. The Morgan fingerprint density at radius 3 is 2.73 bits per heavy atom. The second-order valence-corrected chi connectivity index (χ2v) is 2.92. The summed E-state index contributed by atoms with van der Waals surface area (Å²) >= 11 is 0. The van der Waals surface area contributed by atoms with Crippen molar-refractivity contribution in [1.29, 1.82) is 0 Å². The van der Waals surface area contributed by atoms with Gasteiger partial charge < -0.3 is 10.4 Å². The molecule has 0 aliphatic rings. The number of nitrogens with one attached hydrogen (secondary N) is 1. The van der Waals surface area contributed by atoms with E-state index < -0.39 is 0 Å². The third-order valence-corrected chi connectivity index (χ3v) is 1.83. The van der Waals surface area contributed by atoms with Gasteiger partial charge in [0.2, 0.25) is 0 Å². The van der Waals surface area contributed by atoms with E-state index in [0.29, 0.717) is 18.2 Å². The molecule has 0 bridgehead atoms. The highest BCUT2D eigenvalue weighted by Gasteiger charge is 1.97. The molecular formula is C9H19NO. The molecule has 1 atom stereocenters. The van der Waals surface area contributed by atoms with Crippen LogP contribution < -0.4 is 5.32 Å². The molecule has 0 fully saturated rings. The van der Waals surface area contributed by atoms with Crippen LogP contribution in [0.3, 0.4) is 0 Å². The fraction of sp³-hybridized carbons (Fsp3) is 0.778. The number of allylic oxidation sites excluding steroid dienone is 1. The van der Waals surface area contributed by atoms with Gasteiger partial charge in [-0.3, -0.25) is 0 Å². The molecule has 0 aliphatic carbocycles. The molecule has 0 saturated carbocycles.